The molecule has 7 aromatic rings. The second-order valence-electron chi connectivity index (χ2n) is 17.3. The third-order valence-corrected chi connectivity index (χ3v) is 13.6. The van der Waals surface area contributed by atoms with E-state index in [1.165, 1.54) is 21.2 Å². The molecular formula is C55H53N3O7S. The Balaban J connectivity index is 1.14. The number of nitrogens with zero attached hydrogens (tertiary/aromatic N) is 2. The predicted octanol–water partition coefficient (Wildman–Crippen LogP) is 10.9. The molecule has 0 radical (unpaired) electrons. The van der Waals surface area contributed by atoms with Crippen molar-refractivity contribution in [2.45, 2.75) is 62.5 Å². The summed E-state index contributed by atoms with van der Waals surface area (Å²) in [6, 6.07) is 50.5. The van der Waals surface area contributed by atoms with Crippen LogP contribution in [0.3, 0.4) is 0 Å². The van der Waals surface area contributed by atoms with Crippen LogP contribution in [0.4, 0.5) is 9.59 Å². The van der Waals surface area contributed by atoms with Gasteiger partial charge in [-0.25, -0.2) is 14.4 Å². The Labute approximate surface area is 389 Å². The number of benzene rings is 6. The molecule has 0 saturated carbocycles. The Hall–Kier alpha value is -7.11. The SMILES string of the molecule is CCN(C(=O)[C@H](Cc1cn(C(=O)OC(C)(C)C)c2ccccc12)NC(=O)OCC1c2ccccc2-c2ccccc21)[C@@H](CSC(c1ccccc1)(c1ccccc1)c1ccccc1)C(=O)O. The number of thioether (sulfide) groups is 1. The summed E-state index contributed by atoms with van der Waals surface area (Å²) in [5.74, 6) is -2.05. The molecule has 10 nitrogen and oxygen atoms in total. The Morgan fingerprint density at radius 1 is 0.712 bits per heavy atom. The molecule has 1 aliphatic carbocycles. The Morgan fingerprint density at radius 3 is 1.73 bits per heavy atom. The average Bonchev–Trinajstić information content (AvgIpc) is 3.86. The maximum absolute atomic E-state index is 15.2. The number of aliphatic carboxylic acids is 1. The molecule has 1 aliphatic rings. The summed E-state index contributed by atoms with van der Waals surface area (Å²) in [6.07, 6.45) is 0.0960. The van der Waals surface area contributed by atoms with Gasteiger partial charge in [-0.3, -0.25) is 9.36 Å². The van der Waals surface area contributed by atoms with Gasteiger partial charge in [0.2, 0.25) is 5.91 Å². The predicted molar refractivity (Wildman–Crippen MR) is 260 cm³/mol. The van der Waals surface area contributed by atoms with Gasteiger partial charge < -0.3 is 24.8 Å². The molecule has 66 heavy (non-hydrogen) atoms. The standard InChI is InChI=1S/C55H53N3O7S/c1-5-57(49(51(60)61)36-66-55(38-21-9-6-10-22-38,39-23-11-7-12-24-39)40-25-13-8-14-26-40)50(59)47(33-37-34-58(53(63)65-54(2,3)4)48-32-20-19-27-41(37)48)56-52(62)64-35-46-44-30-17-15-28-42(44)43-29-16-18-31-45(43)46/h6-32,34,46-47,49H,5,33,35-36H2,1-4H3,(H,56,62)(H,60,61)/t47-,49-/m0/s1. The van der Waals surface area contributed by atoms with Crippen LogP contribution in [0.25, 0.3) is 22.0 Å². The fraction of sp³-hybridized carbons (Fsp3) is 0.236. The normalized spacial score (nSPS) is 13.3. The van der Waals surface area contributed by atoms with Gasteiger partial charge in [-0.05, 0) is 78.3 Å². The number of rotatable bonds is 15. The van der Waals surface area contributed by atoms with E-state index in [1.54, 1.807) is 46.0 Å². The highest BCUT2D eigenvalue weighted by molar-refractivity contribution is 8.00. The summed E-state index contributed by atoms with van der Waals surface area (Å²) in [4.78, 5) is 57.8. The van der Waals surface area contributed by atoms with Gasteiger partial charge in [0, 0.05) is 36.2 Å². The minimum Gasteiger partial charge on any atom is -0.480 e. The molecule has 0 saturated heterocycles. The number of ether oxygens (including phenoxy) is 2. The number of hydrogen-bond acceptors (Lipinski definition) is 7. The van der Waals surface area contributed by atoms with Crippen molar-refractivity contribution in [2.75, 3.05) is 18.9 Å². The van der Waals surface area contributed by atoms with E-state index >= 15 is 4.79 Å². The van der Waals surface area contributed by atoms with Crippen LogP contribution < -0.4 is 5.32 Å². The lowest BCUT2D eigenvalue weighted by molar-refractivity contribution is -0.149. The van der Waals surface area contributed by atoms with Crippen molar-refractivity contribution in [1.82, 2.24) is 14.8 Å². The van der Waals surface area contributed by atoms with Crippen molar-refractivity contribution in [1.29, 1.82) is 0 Å². The van der Waals surface area contributed by atoms with Crippen LogP contribution in [0.1, 0.15) is 67.0 Å². The van der Waals surface area contributed by atoms with E-state index in [-0.39, 0.29) is 31.2 Å². The average molecular weight is 900 g/mol. The highest BCUT2D eigenvalue weighted by atomic mass is 32.2. The number of carbonyl (C=O) groups excluding carboxylic acids is 3. The molecule has 2 N–H and O–H groups in total. The fourth-order valence-electron chi connectivity index (χ4n) is 9.07. The summed E-state index contributed by atoms with van der Waals surface area (Å²) in [5, 5.41) is 14.6. The summed E-state index contributed by atoms with van der Waals surface area (Å²) in [7, 11) is 0. The van der Waals surface area contributed by atoms with Gasteiger partial charge in [-0.2, -0.15) is 0 Å². The van der Waals surface area contributed by atoms with Crippen LogP contribution in [0.5, 0.6) is 0 Å². The molecular weight excluding hydrogens is 847 g/mol. The molecule has 2 atom stereocenters. The monoisotopic (exact) mass is 899 g/mol. The van der Waals surface area contributed by atoms with Gasteiger partial charge in [0.05, 0.1) is 10.3 Å². The van der Waals surface area contributed by atoms with Crippen LogP contribution in [0.2, 0.25) is 0 Å². The Morgan fingerprint density at radius 2 is 1.21 bits per heavy atom. The van der Waals surface area contributed by atoms with Crippen LogP contribution in [0, 0.1) is 0 Å². The van der Waals surface area contributed by atoms with Crippen molar-refractivity contribution in [3.63, 3.8) is 0 Å². The molecule has 0 fully saturated rings. The maximum Gasteiger partial charge on any atom is 0.419 e. The number of nitrogens with one attached hydrogen (secondary N) is 1. The summed E-state index contributed by atoms with van der Waals surface area (Å²) < 4.78 is 12.3. The first-order valence-corrected chi connectivity index (χ1v) is 23.2. The largest absolute Gasteiger partial charge is 0.480 e. The number of amides is 2. The Bertz CT molecular complexity index is 2700. The first kappa shape index (κ1) is 45.5. The van der Waals surface area contributed by atoms with E-state index in [0.29, 0.717) is 16.5 Å². The number of likely N-dealkylation sites (N-methyl/N-ethyl adjacent to an activating group) is 1. The minimum atomic E-state index is -1.32. The third kappa shape index (κ3) is 9.35. The smallest absolute Gasteiger partial charge is 0.419 e. The van der Waals surface area contributed by atoms with Crippen molar-refractivity contribution in [2.24, 2.45) is 0 Å². The molecule has 1 heterocycles. The van der Waals surface area contributed by atoms with Gasteiger partial charge in [0.15, 0.2) is 0 Å². The molecule has 11 heteroatoms. The molecule has 0 spiro atoms. The van der Waals surface area contributed by atoms with Crippen molar-refractivity contribution in [3.05, 3.63) is 203 Å². The van der Waals surface area contributed by atoms with E-state index in [0.717, 1.165) is 38.9 Å². The first-order valence-electron chi connectivity index (χ1n) is 22.2. The molecule has 0 bridgehead atoms. The molecule has 1 aromatic heterocycles. The first-order chi connectivity index (χ1) is 31.9. The lowest BCUT2D eigenvalue weighted by Gasteiger charge is -2.38. The maximum atomic E-state index is 15.2. The van der Waals surface area contributed by atoms with Gasteiger partial charge in [0.1, 0.15) is 24.3 Å². The highest BCUT2D eigenvalue weighted by Crippen LogP contribution is 2.49. The summed E-state index contributed by atoms with van der Waals surface area (Å²) in [6.45, 7) is 7.11. The molecule has 6 aromatic carbocycles. The van der Waals surface area contributed by atoms with Gasteiger partial charge in [0.25, 0.3) is 0 Å². The zero-order valence-electron chi connectivity index (χ0n) is 37.4. The number of carboxylic acids is 1. The van der Waals surface area contributed by atoms with E-state index in [1.807, 2.05) is 140 Å². The summed E-state index contributed by atoms with van der Waals surface area (Å²) >= 11 is 1.44. The van der Waals surface area contributed by atoms with Crippen LogP contribution >= 0.6 is 11.8 Å². The fourth-order valence-corrected chi connectivity index (χ4v) is 10.7. The zero-order chi connectivity index (χ0) is 46.4. The van der Waals surface area contributed by atoms with Crippen LogP contribution in [-0.2, 0) is 30.2 Å². The highest BCUT2D eigenvalue weighted by Gasteiger charge is 2.41. The van der Waals surface area contributed by atoms with Crippen LogP contribution in [-0.4, -0.2) is 75.2 Å². The van der Waals surface area contributed by atoms with Gasteiger partial charge in [-0.1, -0.05) is 158 Å². The van der Waals surface area contributed by atoms with Gasteiger partial charge in [-0.15, -0.1) is 11.8 Å². The van der Waals surface area contributed by atoms with Crippen LogP contribution in [0.15, 0.2) is 170 Å². The number of carbonyl (C=O) groups is 4. The van der Waals surface area contributed by atoms with E-state index < -0.39 is 46.5 Å². The Kier molecular flexibility index (Phi) is 13.5. The molecule has 8 rings (SSSR count). The minimum absolute atomic E-state index is 0.00510. The molecule has 0 aliphatic heterocycles. The quantitative estimate of drug-likeness (QED) is 0.0974. The van der Waals surface area contributed by atoms with E-state index in [4.69, 9.17) is 9.47 Å². The summed E-state index contributed by atoms with van der Waals surface area (Å²) in [5.41, 5.74) is 7.40. The number of fused-ring (bicyclic) bond motifs is 4. The second kappa shape index (κ2) is 19.6. The molecule has 336 valence electrons. The molecule has 2 amide bonds. The third-order valence-electron chi connectivity index (χ3n) is 12.0. The lowest BCUT2D eigenvalue weighted by atomic mass is 9.84. The second-order valence-corrected chi connectivity index (χ2v) is 18.6. The van der Waals surface area contributed by atoms with Gasteiger partial charge >= 0.3 is 18.2 Å². The van der Waals surface area contributed by atoms with E-state index in [9.17, 15) is 19.5 Å². The number of aromatic nitrogens is 1. The van der Waals surface area contributed by atoms with Crippen molar-refractivity contribution in [3.8, 4) is 11.1 Å². The number of hydrogen-bond donors (Lipinski definition) is 2. The molecule has 0 unspecified atom stereocenters. The number of carboxylic acid groups (broad SMARTS) is 1. The number of alkyl carbamates (subject to hydrolysis) is 1. The van der Waals surface area contributed by atoms with Crippen molar-refractivity contribution >= 4 is 46.7 Å². The zero-order valence-corrected chi connectivity index (χ0v) is 38.2. The lowest BCUT2D eigenvalue weighted by Crippen LogP contribution is -2.55. The van der Waals surface area contributed by atoms with E-state index in [2.05, 4.69) is 17.4 Å². The topological polar surface area (TPSA) is 127 Å². The number of para-hydroxylation sites is 1. The van der Waals surface area contributed by atoms with Crippen molar-refractivity contribution < 1.29 is 33.8 Å².